The van der Waals surface area contributed by atoms with Crippen molar-refractivity contribution in [3.63, 3.8) is 0 Å². The Bertz CT molecular complexity index is 207. The van der Waals surface area contributed by atoms with E-state index in [1.807, 2.05) is 0 Å². The fourth-order valence-corrected chi connectivity index (χ4v) is 1.41. The van der Waals surface area contributed by atoms with E-state index in [4.69, 9.17) is 5.73 Å². The SMILES string of the molecule is CCCCN(C)CCNC(N)=NCCC(C)C.I. The van der Waals surface area contributed by atoms with Crippen molar-refractivity contribution in [2.45, 2.75) is 40.0 Å². The van der Waals surface area contributed by atoms with Crippen LogP contribution in [-0.2, 0) is 0 Å². The molecule has 0 radical (unpaired) electrons. The van der Waals surface area contributed by atoms with Gasteiger partial charge >= 0.3 is 0 Å². The second kappa shape index (κ2) is 13.4. The summed E-state index contributed by atoms with van der Waals surface area (Å²) in [6, 6.07) is 0. The van der Waals surface area contributed by atoms with Crippen molar-refractivity contribution in [2.75, 3.05) is 33.2 Å². The maximum atomic E-state index is 5.77. The predicted molar refractivity (Wildman–Crippen MR) is 91.8 cm³/mol. The highest BCUT2D eigenvalue weighted by Gasteiger charge is 1.98. The number of unbranched alkanes of at least 4 members (excludes halogenated alkanes) is 1. The van der Waals surface area contributed by atoms with Crippen LogP contribution in [0.5, 0.6) is 0 Å². The van der Waals surface area contributed by atoms with Gasteiger partial charge in [-0.05, 0) is 32.4 Å². The molecular weight excluding hydrogens is 339 g/mol. The van der Waals surface area contributed by atoms with Crippen LogP contribution in [0.4, 0.5) is 0 Å². The van der Waals surface area contributed by atoms with Crippen LogP contribution in [0.15, 0.2) is 4.99 Å². The lowest BCUT2D eigenvalue weighted by molar-refractivity contribution is 0.332. The summed E-state index contributed by atoms with van der Waals surface area (Å²) < 4.78 is 0. The van der Waals surface area contributed by atoms with E-state index in [-0.39, 0.29) is 24.0 Å². The molecule has 0 fully saturated rings. The summed E-state index contributed by atoms with van der Waals surface area (Å²) >= 11 is 0. The normalized spacial score (nSPS) is 11.8. The van der Waals surface area contributed by atoms with Gasteiger partial charge in [-0.2, -0.15) is 0 Å². The lowest BCUT2D eigenvalue weighted by Gasteiger charge is -2.16. The Hall–Kier alpha value is -0.0400. The van der Waals surface area contributed by atoms with E-state index in [9.17, 15) is 0 Å². The van der Waals surface area contributed by atoms with E-state index < -0.39 is 0 Å². The average Bonchev–Trinajstić information content (AvgIpc) is 2.25. The zero-order valence-corrected chi connectivity index (χ0v) is 14.7. The molecule has 0 aliphatic heterocycles. The van der Waals surface area contributed by atoms with Crippen molar-refractivity contribution in [3.8, 4) is 0 Å². The molecular formula is C13H31IN4. The Morgan fingerprint density at radius 2 is 2.00 bits per heavy atom. The standard InChI is InChI=1S/C13H30N4.HI/c1-5-6-10-17(4)11-9-16-13(14)15-8-7-12(2)3;/h12H,5-11H2,1-4H3,(H3,14,15,16);1H. The molecule has 0 aromatic heterocycles. The number of halogens is 1. The Labute approximate surface area is 130 Å². The van der Waals surface area contributed by atoms with Gasteiger partial charge in [-0.15, -0.1) is 24.0 Å². The summed E-state index contributed by atoms with van der Waals surface area (Å²) in [5.41, 5.74) is 5.77. The Kier molecular flexibility index (Phi) is 15.1. The smallest absolute Gasteiger partial charge is 0.188 e. The van der Waals surface area contributed by atoms with Crippen molar-refractivity contribution in [3.05, 3.63) is 0 Å². The fraction of sp³-hybridized carbons (Fsp3) is 0.923. The number of nitrogens with two attached hydrogens (primary N) is 1. The summed E-state index contributed by atoms with van der Waals surface area (Å²) in [6.07, 6.45) is 3.60. The van der Waals surface area contributed by atoms with E-state index >= 15 is 0 Å². The molecule has 0 aliphatic rings. The molecule has 0 bridgehead atoms. The highest BCUT2D eigenvalue weighted by Crippen LogP contribution is 1.97. The first kappa shape index (κ1) is 20.3. The topological polar surface area (TPSA) is 53.6 Å². The number of aliphatic imine (C=N–C) groups is 1. The van der Waals surface area contributed by atoms with Gasteiger partial charge in [-0.3, -0.25) is 4.99 Å². The summed E-state index contributed by atoms with van der Waals surface area (Å²) in [6.45, 7) is 10.5. The highest BCUT2D eigenvalue weighted by molar-refractivity contribution is 14.0. The first-order valence-corrected chi connectivity index (χ1v) is 6.78. The van der Waals surface area contributed by atoms with Crippen LogP contribution in [0.1, 0.15) is 40.0 Å². The minimum absolute atomic E-state index is 0. The van der Waals surface area contributed by atoms with Crippen LogP contribution >= 0.6 is 24.0 Å². The Morgan fingerprint density at radius 1 is 1.33 bits per heavy atom. The number of rotatable bonds is 9. The summed E-state index contributed by atoms with van der Waals surface area (Å²) in [4.78, 5) is 6.61. The van der Waals surface area contributed by atoms with Crippen molar-refractivity contribution in [1.82, 2.24) is 10.2 Å². The third kappa shape index (κ3) is 14.0. The second-order valence-corrected chi connectivity index (χ2v) is 5.03. The fourth-order valence-electron chi connectivity index (χ4n) is 1.41. The average molecular weight is 370 g/mol. The molecule has 0 unspecified atom stereocenters. The quantitative estimate of drug-likeness (QED) is 0.372. The van der Waals surface area contributed by atoms with Gasteiger partial charge in [0.1, 0.15) is 0 Å². The van der Waals surface area contributed by atoms with Gasteiger partial charge in [-0.25, -0.2) is 0 Å². The maximum Gasteiger partial charge on any atom is 0.188 e. The van der Waals surface area contributed by atoms with E-state index in [1.54, 1.807) is 0 Å². The zero-order chi connectivity index (χ0) is 13.1. The van der Waals surface area contributed by atoms with Crippen LogP contribution in [0.3, 0.4) is 0 Å². The summed E-state index contributed by atoms with van der Waals surface area (Å²) in [5, 5.41) is 3.15. The van der Waals surface area contributed by atoms with Crippen LogP contribution in [0.25, 0.3) is 0 Å². The third-order valence-corrected chi connectivity index (χ3v) is 2.68. The zero-order valence-electron chi connectivity index (χ0n) is 12.4. The largest absolute Gasteiger partial charge is 0.370 e. The van der Waals surface area contributed by atoms with Crippen LogP contribution in [0.2, 0.25) is 0 Å². The van der Waals surface area contributed by atoms with Crippen molar-refractivity contribution >= 4 is 29.9 Å². The number of nitrogens with one attached hydrogen (secondary N) is 1. The number of hydrogen-bond donors (Lipinski definition) is 2. The lowest BCUT2D eigenvalue weighted by Crippen LogP contribution is -2.37. The van der Waals surface area contributed by atoms with Crippen LogP contribution < -0.4 is 11.1 Å². The molecule has 0 amide bonds. The van der Waals surface area contributed by atoms with Gasteiger partial charge in [0.25, 0.3) is 0 Å². The molecule has 0 aromatic rings. The molecule has 0 spiro atoms. The highest BCUT2D eigenvalue weighted by atomic mass is 127. The van der Waals surface area contributed by atoms with E-state index in [0.717, 1.165) is 32.6 Å². The van der Waals surface area contributed by atoms with Crippen molar-refractivity contribution in [2.24, 2.45) is 16.6 Å². The van der Waals surface area contributed by atoms with Gasteiger partial charge in [0.15, 0.2) is 5.96 Å². The van der Waals surface area contributed by atoms with Gasteiger partial charge in [0.05, 0.1) is 0 Å². The van der Waals surface area contributed by atoms with Gasteiger partial charge in [-0.1, -0.05) is 27.2 Å². The molecule has 0 aromatic carbocycles. The van der Waals surface area contributed by atoms with E-state index in [1.165, 1.54) is 12.8 Å². The van der Waals surface area contributed by atoms with Crippen LogP contribution in [-0.4, -0.2) is 44.1 Å². The Morgan fingerprint density at radius 3 is 2.56 bits per heavy atom. The van der Waals surface area contributed by atoms with Gasteiger partial charge in [0.2, 0.25) is 0 Å². The molecule has 18 heavy (non-hydrogen) atoms. The third-order valence-electron chi connectivity index (χ3n) is 2.68. The molecule has 0 heterocycles. The maximum absolute atomic E-state index is 5.77. The summed E-state index contributed by atoms with van der Waals surface area (Å²) in [7, 11) is 2.14. The first-order chi connectivity index (χ1) is 8.06. The minimum atomic E-state index is 0. The number of hydrogen-bond acceptors (Lipinski definition) is 2. The van der Waals surface area contributed by atoms with Crippen molar-refractivity contribution in [1.29, 1.82) is 0 Å². The monoisotopic (exact) mass is 370 g/mol. The van der Waals surface area contributed by atoms with Gasteiger partial charge in [0, 0.05) is 19.6 Å². The molecule has 5 heteroatoms. The molecule has 0 rings (SSSR count). The first-order valence-electron chi connectivity index (χ1n) is 6.78. The van der Waals surface area contributed by atoms with E-state index in [0.29, 0.717) is 11.9 Å². The predicted octanol–water partition coefficient (Wildman–Crippen LogP) is 2.29. The van der Waals surface area contributed by atoms with E-state index in [2.05, 4.69) is 43.0 Å². The molecule has 110 valence electrons. The molecule has 0 atom stereocenters. The molecule has 0 saturated heterocycles. The number of nitrogens with zero attached hydrogens (tertiary/aromatic N) is 2. The Balaban J connectivity index is 0. The minimum Gasteiger partial charge on any atom is -0.370 e. The van der Waals surface area contributed by atoms with Crippen molar-refractivity contribution < 1.29 is 0 Å². The lowest BCUT2D eigenvalue weighted by atomic mass is 10.1. The second-order valence-electron chi connectivity index (χ2n) is 5.03. The number of guanidine groups is 1. The van der Waals surface area contributed by atoms with Gasteiger partial charge < -0.3 is 16.0 Å². The molecule has 0 saturated carbocycles. The molecule has 4 nitrogen and oxygen atoms in total. The van der Waals surface area contributed by atoms with Crippen LogP contribution in [0, 0.1) is 5.92 Å². The number of likely N-dealkylation sites (N-methyl/N-ethyl adjacent to an activating group) is 1. The molecule has 0 aliphatic carbocycles. The summed E-state index contributed by atoms with van der Waals surface area (Å²) in [5.74, 6) is 1.27. The molecule has 3 N–H and O–H groups in total.